The summed E-state index contributed by atoms with van der Waals surface area (Å²) in [6, 6.07) is 3.95. The van der Waals surface area contributed by atoms with Gasteiger partial charge in [0, 0.05) is 24.7 Å². The highest BCUT2D eigenvalue weighted by Crippen LogP contribution is 2.21. The maximum Gasteiger partial charge on any atom is 0.407 e. The number of nitrogens with zero attached hydrogens (tertiary/aromatic N) is 1. The molecule has 0 aliphatic rings. The molecule has 0 saturated heterocycles. The highest BCUT2D eigenvalue weighted by atomic mass is 16.6. The molecule has 0 heterocycles. The number of rotatable bonds is 4. The van der Waals surface area contributed by atoms with Gasteiger partial charge in [0.05, 0.1) is 4.92 Å². The van der Waals surface area contributed by atoms with Crippen LogP contribution >= 0.6 is 0 Å². The van der Waals surface area contributed by atoms with E-state index in [1.807, 2.05) is 6.92 Å². The Morgan fingerprint density at radius 1 is 1.48 bits per heavy atom. The van der Waals surface area contributed by atoms with Crippen LogP contribution in [0.1, 0.15) is 37.9 Å². The summed E-state index contributed by atoms with van der Waals surface area (Å²) in [4.78, 5) is 21.9. The average Bonchev–Trinajstić information content (AvgIpc) is 2.34. The fourth-order valence-corrected chi connectivity index (χ4v) is 1.76. The normalized spacial score (nSPS) is 12.6. The predicted molar refractivity (Wildman–Crippen MR) is 79.0 cm³/mol. The Morgan fingerprint density at radius 2 is 2.10 bits per heavy atom. The number of non-ortho nitro benzene ring substituents is 1. The summed E-state index contributed by atoms with van der Waals surface area (Å²) in [7, 11) is 0. The Morgan fingerprint density at radius 3 is 2.62 bits per heavy atom. The zero-order valence-corrected chi connectivity index (χ0v) is 12.7. The molecule has 3 N–H and O–H groups in total. The van der Waals surface area contributed by atoms with Gasteiger partial charge in [-0.05, 0) is 38.8 Å². The molecule has 1 atom stereocenters. The number of nitrogens with two attached hydrogens (primary N) is 1. The number of nitrogens with one attached hydrogen (secondary N) is 1. The summed E-state index contributed by atoms with van der Waals surface area (Å²) in [5, 5.41) is 13.3. The second-order valence-corrected chi connectivity index (χ2v) is 5.79. The molecule has 1 aromatic rings. The molecule has 0 aromatic heterocycles. The Labute approximate surface area is 123 Å². The number of carbonyl (C=O) groups is 1. The van der Waals surface area contributed by atoms with Crippen molar-refractivity contribution in [3.05, 3.63) is 39.4 Å². The summed E-state index contributed by atoms with van der Waals surface area (Å²) in [6.07, 6.45) is -0.568. The van der Waals surface area contributed by atoms with Crippen molar-refractivity contribution < 1.29 is 14.5 Å². The first kappa shape index (κ1) is 16.9. The van der Waals surface area contributed by atoms with Crippen LogP contribution in [-0.2, 0) is 4.74 Å². The summed E-state index contributed by atoms with van der Waals surface area (Å²) in [5.41, 5.74) is 6.83. The van der Waals surface area contributed by atoms with E-state index in [4.69, 9.17) is 10.5 Å². The number of nitro benzene ring substituents is 1. The Bertz CT molecular complexity index is 538. The number of alkyl carbamates (subject to hydrolysis) is 1. The van der Waals surface area contributed by atoms with E-state index in [9.17, 15) is 14.9 Å². The molecule has 21 heavy (non-hydrogen) atoms. The lowest BCUT2D eigenvalue weighted by Gasteiger charge is -2.21. The molecule has 0 spiro atoms. The lowest BCUT2D eigenvalue weighted by atomic mass is 10.0. The van der Waals surface area contributed by atoms with Crippen LogP contribution in [0.2, 0.25) is 0 Å². The van der Waals surface area contributed by atoms with E-state index >= 15 is 0 Å². The number of aryl methyl sites for hydroxylation is 1. The van der Waals surface area contributed by atoms with Crippen LogP contribution in [0.4, 0.5) is 10.5 Å². The van der Waals surface area contributed by atoms with Gasteiger partial charge in [0.1, 0.15) is 5.60 Å². The SMILES string of the molecule is Cc1ccc([N+](=O)[O-])cc1C(N)CNC(=O)OC(C)(C)C. The first-order valence-electron chi connectivity index (χ1n) is 6.57. The standard InChI is InChI=1S/C14H21N3O4/c1-9-5-6-10(17(19)20)7-11(9)12(15)8-16-13(18)21-14(2,3)4/h5-7,12H,8,15H2,1-4H3,(H,16,18). The maximum absolute atomic E-state index is 11.6. The van der Waals surface area contributed by atoms with Crippen LogP contribution in [-0.4, -0.2) is 23.2 Å². The van der Waals surface area contributed by atoms with E-state index in [-0.39, 0.29) is 12.2 Å². The smallest absolute Gasteiger partial charge is 0.407 e. The second kappa shape index (κ2) is 6.53. The molecular formula is C14H21N3O4. The van der Waals surface area contributed by atoms with Gasteiger partial charge in [-0.2, -0.15) is 0 Å². The molecule has 1 amide bonds. The number of carbonyl (C=O) groups excluding carboxylic acids is 1. The molecule has 7 nitrogen and oxygen atoms in total. The van der Waals surface area contributed by atoms with Crippen LogP contribution in [0.3, 0.4) is 0 Å². The van der Waals surface area contributed by atoms with Gasteiger partial charge in [0.2, 0.25) is 0 Å². The van der Waals surface area contributed by atoms with Gasteiger partial charge in [-0.1, -0.05) is 6.07 Å². The lowest BCUT2D eigenvalue weighted by molar-refractivity contribution is -0.384. The number of hydrogen-bond acceptors (Lipinski definition) is 5. The molecule has 1 rings (SSSR count). The summed E-state index contributed by atoms with van der Waals surface area (Å²) < 4.78 is 5.10. The van der Waals surface area contributed by atoms with E-state index in [2.05, 4.69) is 5.32 Å². The number of amides is 1. The Hall–Kier alpha value is -2.15. The van der Waals surface area contributed by atoms with Crippen LogP contribution in [0.25, 0.3) is 0 Å². The van der Waals surface area contributed by atoms with Gasteiger partial charge < -0.3 is 15.8 Å². The van der Waals surface area contributed by atoms with Crippen LogP contribution < -0.4 is 11.1 Å². The van der Waals surface area contributed by atoms with E-state index in [1.165, 1.54) is 12.1 Å². The Kier molecular flexibility index (Phi) is 5.26. The molecule has 0 bridgehead atoms. The molecule has 0 aliphatic heterocycles. The minimum Gasteiger partial charge on any atom is -0.444 e. The number of hydrogen-bond donors (Lipinski definition) is 2. The fraction of sp³-hybridized carbons (Fsp3) is 0.500. The summed E-state index contributed by atoms with van der Waals surface area (Å²) in [6.45, 7) is 7.23. The van der Waals surface area contributed by atoms with Crippen molar-refractivity contribution in [2.75, 3.05) is 6.54 Å². The van der Waals surface area contributed by atoms with Crippen LogP contribution in [0, 0.1) is 17.0 Å². The van der Waals surface area contributed by atoms with Crippen molar-refractivity contribution in [3.8, 4) is 0 Å². The maximum atomic E-state index is 11.6. The molecule has 0 fully saturated rings. The third-order valence-electron chi connectivity index (χ3n) is 2.74. The third-order valence-corrected chi connectivity index (χ3v) is 2.74. The minimum atomic E-state index is -0.588. The van der Waals surface area contributed by atoms with Crippen LogP contribution in [0.5, 0.6) is 0 Å². The monoisotopic (exact) mass is 295 g/mol. The van der Waals surface area contributed by atoms with Gasteiger partial charge in [0.25, 0.3) is 5.69 Å². The molecule has 0 aliphatic carbocycles. The quantitative estimate of drug-likeness (QED) is 0.655. The predicted octanol–water partition coefficient (Wildman–Crippen LogP) is 2.43. The number of ether oxygens (including phenoxy) is 1. The van der Waals surface area contributed by atoms with Crippen molar-refractivity contribution >= 4 is 11.8 Å². The van der Waals surface area contributed by atoms with E-state index in [0.717, 1.165) is 5.56 Å². The highest BCUT2D eigenvalue weighted by Gasteiger charge is 2.18. The Balaban J connectivity index is 2.72. The molecule has 0 radical (unpaired) electrons. The molecular weight excluding hydrogens is 274 g/mol. The van der Waals surface area contributed by atoms with Gasteiger partial charge in [-0.25, -0.2) is 4.79 Å². The van der Waals surface area contributed by atoms with Crippen molar-refractivity contribution in [1.82, 2.24) is 5.32 Å². The van der Waals surface area contributed by atoms with Crippen molar-refractivity contribution in [3.63, 3.8) is 0 Å². The third kappa shape index (κ3) is 5.39. The van der Waals surface area contributed by atoms with Gasteiger partial charge in [-0.3, -0.25) is 10.1 Å². The second-order valence-electron chi connectivity index (χ2n) is 5.79. The molecule has 7 heteroatoms. The van der Waals surface area contributed by atoms with Gasteiger partial charge in [-0.15, -0.1) is 0 Å². The summed E-state index contributed by atoms with van der Waals surface area (Å²) in [5.74, 6) is 0. The topological polar surface area (TPSA) is 107 Å². The number of benzene rings is 1. The van der Waals surface area contributed by atoms with Crippen molar-refractivity contribution in [1.29, 1.82) is 0 Å². The molecule has 0 saturated carbocycles. The average molecular weight is 295 g/mol. The van der Waals surface area contributed by atoms with E-state index < -0.39 is 22.7 Å². The first-order chi connectivity index (χ1) is 9.60. The highest BCUT2D eigenvalue weighted by molar-refractivity contribution is 5.67. The van der Waals surface area contributed by atoms with E-state index in [1.54, 1.807) is 26.8 Å². The molecule has 1 unspecified atom stereocenters. The van der Waals surface area contributed by atoms with Gasteiger partial charge >= 0.3 is 6.09 Å². The van der Waals surface area contributed by atoms with Gasteiger partial charge in [0.15, 0.2) is 0 Å². The van der Waals surface area contributed by atoms with Crippen molar-refractivity contribution in [2.45, 2.75) is 39.3 Å². The van der Waals surface area contributed by atoms with Crippen molar-refractivity contribution in [2.24, 2.45) is 5.73 Å². The summed E-state index contributed by atoms with van der Waals surface area (Å²) >= 11 is 0. The van der Waals surface area contributed by atoms with E-state index in [0.29, 0.717) is 5.56 Å². The first-order valence-corrected chi connectivity index (χ1v) is 6.57. The largest absolute Gasteiger partial charge is 0.444 e. The number of nitro groups is 1. The zero-order valence-electron chi connectivity index (χ0n) is 12.7. The van der Waals surface area contributed by atoms with Crippen LogP contribution in [0.15, 0.2) is 18.2 Å². The minimum absolute atomic E-state index is 0.0247. The zero-order chi connectivity index (χ0) is 16.2. The molecule has 116 valence electrons. The fourth-order valence-electron chi connectivity index (χ4n) is 1.76. The molecule has 1 aromatic carbocycles. The lowest BCUT2D eigenvalue weighted by Crippen LogP contribution is -2.36.